The zero-order valence-electron chi connectivity index (χ0n) is 18.9. The highest BCUT2D eigenvalue weighted by Crippen LogP contribution is 2.52. The van der Waals surface area contributed by atoms with Crippen molar-refractivity contribution in [2.45, 2.75) is 39.2 Å². The summed E-state index contributed by atoms with van der Waals surface area (Å²) in [5.74, 6) is 0.941. The summed E-state index contributed by atoms with van der Waals surface area (Å²) in [5.41, 5.74) is 1.74. The van der Waals surface area contributed by atoms with Crippen molar-refractivity contribution < 1.29 is 14.3 Å². The van der Waals surface area contributed by atoms with Crippen molar-refractivity contribution in [2.75, 3.05) is 36.5 Å². The topological polar surface area (TPSA) is 49.9 Å². The van der Waals surface area contributed by atoms with Gasteiger partial charge >= 0.3 is 0 Å². The van der Waals surface area contributed by atoms with Gasteiger partial charge in [-0.05, 0) is 53.8 Å². The molecule has 2 aromatic rings. The zero-order chi connectivity index (χ0) is 22.7. The summed E-state index contributed by atoms with van der Waals surface area (Å²) in [5, 5.41) is 0.642. The number of hydrogen-bond acceptors (Lipinski definition) is 5. The zero-order valence-corrected chi connectivity index (χ0v) is 19.6. The predicted octanol–water partition coefficient (Wildman–Crippen LogP) is 4.54. The third kappa shape index (κ3) is 3.21. The molecule has 1 aliphatic carbocycles. The molecule has 0 amide bonds. The van der Waals surface area contributed by atoms with Crippen LogP contribution >= 0.6 is 11.6 Å². The van der Waals surface area contributed by atoms with Crippen molar-refractivity contribution in [3.8, 4) is 5.75 Å². The molecule has 168 valence electrons. The molecule has 0 aromatic heterocycles. The number of benzene rings is 2. The molecule has 1 saturated carbocycles. The number of nitrogens with zero attached hydrogens (tertiary/aromatic N) is 2. The maximum atomic E-state index is 13.8. The number of Topliss-reactive ketones (excluding diaryl/α,β-unsaturated/α-hetero) is 2. The van der Waals surface area contributed by atoms with E-state index in [1.807, 2.05) is 50.2 Å². The first-order valence-electron chi connectivity index (χ1n) is 11.2. The SMILES string of the molecule is COc1ccc(N2CCN3c4cccc(Cl)c4CC4(C(=O)CC(C)(C)CC4=O)[C@@H]3C2)cc1. The summed E-state index contributed by atoms with van der Waals surface area (Å²) < 4.78 is 5.30. The van der Waals surface area contributed by atoms with E-state index in [0.29, 0.717) is 30.8 Å². The molecule has 2 fully saturated rings. The lowest BCUT2D eigenvalue weighted by atomic mass is 9.56. The van der Waals surface area contributed by atoms with Crippen LogP contribution in [0.25, 0.3) is 0 Å². The highest BCUT2D eigenvalue weighted by atomic mass is 35.5. The highest BCUT2D eigenvalue weighted by Gasteiger charge is 2.61. The van der Waals surface area contributed by atoms with Crippen LogP contribution in [-0.4, -0.2) is 44.4 Å². The fourth-order valence-electron chi connectivity index (χ4n) is 5.88. The number of carbonyl (C=O) groups is 2. The number of hydrogen-bond donors (Lipinski definition) is 0. The smallest absolute Gasteiger partial charge is 0.149 e. The number of piperazine rings is 1. The van der Waals surface area contributed by atoms with Gasteiger partial charge in [0.25, 0.3) is 0 Å². The molecular formula is C26H29ClN2O3. The molecule has 0 unspecified atom stereocenters. The average molecular weight is 453 g/mol. The standard InChI is InChI=1S/C26H29ClN2O3/c1-25(2)14-23(30)26(24(31)15-25)13-19-20(27)5-4-6-21(19)29-12-11-28(16-22(26)29)17-7-9-18(32-3)10-8-17/h4-10,22H,11-16H2,1-3H3/t22-/m0/s1. The van der Waals surface area contributed by atoms with Crippen LogP contribution in [0.15, 0.2) is 42.5 Å². The number of anilines is 2. The van der Waals surface area contributed by atoms with Gasteiger partial charge in [0.15, 0.2) is 0 Å². The fraction of sp³-hybridized carbons (Fsp3) is 0.462. The second-order valence-corrected chi connectivity index (χ2v) is 10.5. The first-order chi connectivity index (χ1) is 15.2. The molecule has 5 nitrogen and oxygen atoms in total. The number of ether oxygens (including phenoxy) is 1. The summed E-state index contributed by atoms with van der Waals surface area (Å²) in [6, 6.07) is 13.7. The summed E-state index contributed by atoms with van der Waals surface area (Å²) in [6.45, 7) is 6.19. The molecule has 1 spiro atoms. The van der Waals surface area contributed by atoms with E-state index >= 15 is 0 Å². The largest absolute Gasteiger partial charge is 0.497 e. The molecule has 1 atom stereocenters. The van der Waals surface area contributed by atoms with E-state index in [0.717, 1.165) is 35.8 Å². The Morgan fingerprint density at radius 1 is 0.969 bits per heavy atom. The molecule has 6 heteroatoms. The van der Waals surface area contributed by atoms with Crippen LogP contribution < -0.4 is 14.5 Å². The van der Waals surface area contributed by atoms with Crippen LogP contribution in [0.5, 0.6) is 5.75 Å². The van der Waals surface area contributed by atoms with Crippen LogP contribution in [-0.2, 0) is 16.0 Å². The molecule has 1 saturated heterocycles. The summed E-state index contributed by atoms with van der Waals surface area (Å²) in [7, 11) is 1.66. The molecule has 3 aliphatic rings. The van der Waals surface area contributed by atoms with Crippen LogP contribution in [0.1, 0.15) is 32.3 Å². The minimum absolute atomic E-state index is 0.0656. The number of ketones is 2. The lowest BCUT2D eigenvalue weighted by Gasteiger charge is -2.56. The maximum Gasteiger partial charge on any atom is 0.149 e. The number of rotatable bonds is 2. The summed E-state index contributed by atoms with van der Waals surface area (Å²) in [4.78, 5) is 32.1. The highest BCUT2D eigenvalue weighted by molar-refractivity contribution is 6.32. The summed E-state index contributed by atoms with van der Waals surface area (Å²) in [6.07, 6.45) is 1.24. The molecular weight excluding hydrogens is 424 g/mol. The van der Waals surface area contributed by atoms with E-state index in [4.69, 9.17) is 16.3 Å². The van der Waals surface area contributed by atoms with Crippen molar-refractivity contribution in [3.63, 3.8) is 0 Å². The molecule has 0 N–H and O–H groups in total. The third-order valence-corrected chi connectivity index (χ3v) is 7.87. The van der Waals surface area contributed by atoms with Gasteiger partial charge in [0.2, 0.25) is 0 Å². The first kappa shape index (κ1) is 21.3. The predicted molar refractivity (Wildman–Crippen MR) is 127 cm³/mol. The van der Waals surface area contributed by atoms with E-state index in [1.165, 1.54) is 0 Å². The Hall–Kier alpha value is -2.53. The Balaban J connectivity index is 1.59. The molecule has 32 heavy (non-hydrogen) atoms. The van der Waals surface area contributed by atoms with E-state index < -0.39 is 5.41 Å². The molecule has 0 bridgehead atoms. The van der Waals surface area contributed by atoms with E-state index in [-0.39, 0.29) is 23.0 Å². The second kappa shape index (κ2) is 7.51. The minimum atomic E-state index is -1.04. The number of fused-ring (bicyclic) bond motifs is 4. The average Bonchev–Trinajstić information content (AvgIpc) is 2.77. The van der Waals surface area contributed by atoms with Gasteiger partial charge in [0, 0.05) is 48.9 Å². The van der Waals surface area contributed by atoms with Crippen LogP contribution in [0.4, 0.5) is 11.4 Å². The molecule has 2 heterocycles. The Morgan fingerprint density at radius 3 is 2.31 bits per heavy atom. The first-order valence-corrected chi connectivity index (χ1v) is 11.6. The summed E-state index contributed by atoms with van der Waals surface area (Å²) >= 11 is 6.61. The van der Waals surface area contributed by atoms with Crippen LogP contribution in [0.3, 0.4) is 0 Å². The van der Waals surface area contributed by atoms with Gasteiger partial charge < -0.3 is 14.5 Å². The van der Waals surface area contributed by atoms with Gasteiger partial charge in [-0.1, -0.05) is 31.5 Å². The Labute approximate surface area is 194 Å². The third-order valence-electron chi connectivity index (χ3n) is 7.52. The molecule has 2 aliphatic heterocycles. The van der Waals surface area contributed by atoms with Crippen LogP contribution in [0, 0.1) is 10.8 Å². The second-order valence-electron chi connectivity index (χ2n) is 10.1. The van der Waals surface area contributed by atoms with E-state index in [9.17, 15) is 9.59 Å². The van der Waals surface area contributed by atoms with Crippen molar-refractivity contribution in [3.05, 3.63) is 53.1 Å². The monoisotopic (exact) mass is 452 g/mol. The van der Waals surface area contributed by atoms with E-state index in [1.54, 1.807) is 7.11 Å². The quantitative estimate of drug-likeness (QED) is 0.626. The van der Waals surface area contributed by atoms with Crippen LogP contribution in [0.2, 0.25) is 5.02 Å². The van der Waals surface area contributed by atoms with Gasteiger partial charge in [-0.2, -0.15) is 0 Å². The Kier molecular flexibility index (Phi) is 5.01. The van der Waals surface area contributed by atoms with Crippen molar-refractivity contribution in [2.24, 2.45) is 10.8 Å². The Morgan fingerprint density at radius 2 is 1.66 bits per heavy atom. The van der Waals surface area contributed by atoms with Gasteiger partial charge in [-0.15, -0.1) is 0 Å². The van der Waals surface area contributed by atoms with Gasteiger partial charge in [-0.25, -0.2) is 0 Å². The Bertz CT molecular complexity index is 1060. The number of methoxy groups -OCH3 is 1. The molecule has 0 radical (unpaired) electrons. The number of carbonyl (C=O) groups excluding carboxylic acids is 2. The van der Waals surface area contributed by atoms with E-state index in [2.05, 4.69) is 15.9 Å². The van der Waals surface area contributed by atoms with Crippen molar-refractivity contribution in [1.29, 1.82) is 0 Å². The van der Waals surface area contributed by atoms with Crippen molar-refractivity contribution in [1.82, 2.24) is 0 Å². The number of halogens is 1. The van der Waals surface area contributed by atoms with Crippen molar-refractivity contribution >= 4 is 34.5 Å². The maximum absolute atomic E-state index is 13.8. The molecule has 5 rings (SSSR count). The fourth-order valence-corrected chi connectivity index (χ4v) is 6.12. The van der Waals surface area contributed by atoms with Gasteiger partial charge in [0.1, 0.15) is 22.7 Å². The lowest BCUT2D eigenvalue weighted by Crippen LogP contribution is -2.69. The lowest BCUT2D eigenvalue weighted by molar-refractivity contribution is -0.150. The minimum Gasteiger partial charge on any atom is -0.497 e. The normalized spacial score (nSPS) is 23.7. The van der Waals surface area contributed by atoms with Gasteiger partial charge in [-0.3, -0.25) is 9.59 Å². The van der Waals surface area contributed by atoms with Gasteiger partial charge in [0.05, 0.1) is 13.2 Å². The molecule has 2 aromatic carbocycles.